The van der Waals surface area contributed by atoms with Gasteiger partial charge >= 0.3 is 6.01 Å². The molecule has 1 aromatic carbocycles. The van der Waals surface area contributed by atoms with Gasteiger partial charge in [-0.1, -0.05) is 18.7 Å². The molecule has 0 bridgehead atoms. The lowest BCUT2D eigenvalue weighted by molar-refractivity contribution is 0.430. The summed E-state index contributed by atoms with van der Waals surface area (Å²) in [5, 5.41) is 20.6. The van der Waals surface area contributed by atoms with Gasteiger partial charge in [-0.2, -0.15) is 0 Å². The number of hydrogen-bond acceptors (Lipinski definition) is 5. The molecule has 5 nitrogen and oxygen atoms in total. The van der Waals surface area contributed by atoms with Crippen LogP contribution >= 0.6 is 0 Å². The van der Waals surface area contributed by atoms with Crippen molar-refractivity contribution in [2.45, 2.75) is 6.92 Å². The summed E-state index contributed by atoms with van der Waals surface area (Å²) in [6, 6.07) is 5.44. The molecule has 0 spiro atoms. The Morgan fingerprint density at radius 2 is 2.00 bits per heavy atom. The number of aromatic nitrogens is 2. The van der Waals surface area contributed by atoms with Gasteiger partial charge in [0.15, 0.2) is 0 Å². The first-order valence-corrected chi connectivity index (χ1v) is 6.78. The Morgan fingerprint density at radius 3 is 2.59 bits per heavy atom. The number of nitrogens with one attached hydrogen (secondary N) is 2. The fourth-order valence-electron chi connectivity index (χ4n) is 1.97. The number of hydrogen-bond donors (Lipinski definition) is 3. The van der Waals surface area contributed by atoms with Crippen molar-refractivity contribution in [3.8, 4) is 17.1 Å². The van der Waals surface area contributed by atoms with Gasteiger partial charge in [0.1, 0.15) is 0 Å². The zero-order valence-electron chi connectivity index (χ0n) is 12.4. The van der Waals surface area contributed by atoms with Crippen molar-refractivity contribution >= 4 is 11.4 Å². The molecule has 0 atom stereocenters. The third-order valence-electron chi connectivity index (χ3n) is 3.12. The summed E-state index contributed by atoms with van der Waals surface area (Å²) in [6.45, 7) is 9.93. The van der Waals surface area contributed by atoms with Gasteiger partial charge in [0.05, 0.1) is 5.71 Å². The van der Waals surface area contributed by atoms with Crippen LogP contribution in [0.5, 0.6) is 6.01 Å². The minimum absolute atomic E-state index is 0.261. The van der Waals surface area contributed by atoms with Crippen LogP contribution in [0.2, 0.25) is 0 Å². The van der Waals surface area contributed by atoms with Crippen LogP contribution in [0.3, 0.4) is 0 Å². The molecule has 0 aliphatic heterocycles. The highest BCUT2D eigenvalue weighted by molar-refractivity contribution is 6.13. The number of nitrogens with zero attached hydrogens (tertiary/aromatic N) is 2. The van der Waals surface area contributed by atoms with Crippen LogP contribution in [0.15, 0.2) is 55.4 Å². The molecule has 1 aromatic heterocycles. The van der Waals surface area contributed by atoms with Gasteiger partial charge < -0.3 is 10.4 Å². The standard InChI is InChI=1S/C17H18N4O/c1-4-7-19-15-6-5-12(8-14(15)16(18)11(2)3)13-9-20-17(22)21-10-13/h4-6,8-10,18-19H,1-2,7H2,3H3,(H,20,21,22). The summed E-state index contributed by atoms with van der Waals surface area (Å²) in [7, 11) is 0. The predicted octanol–water partition coefficient (Wildman–Crippen LogP) is 3.39. The fourth-order valence-corrected chi connectivity index (χ4v) is 1.97. The molecule has 0 saturated carbocycles. The highest BCUT2D eigenvalue weighted by Gasteiger charge is 2.11. The molecule has 0 fully saturated rings. The van der Waals surface area contributed by atoms with E-state index in [-0.39, 0.29) is 6.01 Å². The summed E-state index contributed by atoms with van der Waals surface area (Å²) >= 11 is 0. The molecule has 0 radical (unpaired) electrons. The summed E-state index contributed by atoms with van der Waals surface area (Å²) in [6.07, 6.45) is 4.85. The Kier molecular flexibility index (Phi) is 4.68. The number of benzene rings is 1. The van der Waals surface area contributed by atoms with E-state index in [0.29, 0.717) is 17.8 Å². The smallest absolute Gasteiger partial charge is 0.313 e. The molecular formula is C17H18N4O. The lowest BCUT2D eigenvalue weighted by Crippen LogP contribution is -2.07. The molecule has 5 heteroatoms. The van der Waals surface area contributed by atoms with Crippen molar-refractivity contribution < 1.29 is 5.11 Å². The predicted molar refractivity (Wildman–Crippen MR) is 89.5 cm³/mol. The van der Waals surface area contributed by atoms with Crippen LogP contribution < -0.4 is 5.32 Å². The van der Waals surface area contributed by atoms with Crippen LogP contribution in [-0.2, 0) is 0 Å². The molecule has 2 rings (SSSR count). The topological polar surface area (TPSA) is 81.9 Å². The number of allylic oxidation sites excluding steroid dienone is 1. The zero-order valence-corrected chi connectivity index (χ0v) is 12.4. The van der Waals surface area contributed by atoms with E-state index in [0.717, 1.165) is 22.4 Å². The van der Waals surface area contributed by atoms with E-state index in [1.54, 1.807) is 25.4 Å². The molecule has 22 heavy (non-hydrogen) atoms. The lowest BCUT2D eigenvalue weighted by atomic mass is 9.98. The first-order chi connectivity index (χ1) is 10.5. The van der Waals surface area contributed by atoms with Crippen LogP contribution in [0, 0.1) is 5.41 Å². The first kappa shape index (κ1) is 15.4. The minimum atomic E-state index is -0.261. The quantitative estimate of drug-likeness (QED) is 0.563. The maximum atomic E-state index is 9.17. The van der Waals surface area contributed by atoms with Gasteiger partial charge in [0.25, 0.3) is 0 Å². The van der Waals surface area contributed by atoms with Gasteiger partial charge in [0, 0.05) is 35.8 Å². The van der Waals surface area contributed by atoms with E-state index < -0.39 is 0 Å². The Balaban J connectivity index is 2.48. The highest BCUT2D eigenvalue weighted by atomic mass is 16.3. The minimum Gasteiger partial charge on any atom is -0.479 e. The van der Waals surface area contributed by atoms with Crippen molar-refractivity contribution in [2.75, 3.05) is 11.9 Å². The summed E-state index contributed by atoms with van der Waals surface area (Å²) in [5.41, 5.74) is 4.28. The summed E-state index contributed by atoms with van der Waals surface area (Å²) in [4.78, 5) is 7.56. The van der Waals surface area contributed by atoms with E-state index >= 15 is 0 Å². The van der Waals surface area contributed by atoms with Crippen molar-refractivity contribution in [3.05, 3.63) is 61.0 Å². The Morgan fingerprint density at radius 1 is 1.32 bits per heavy atom. The second-order valence-electron chi connectivity index (χ2n) is 4.86. The average Bonchev–Trinajstić information content (AvgIpc) is 2.52. The number of aromatic hydroxyl groups is 1. The number of rotatable bonds is 6. The van der Waals surface area contributed by atoms with Crippen molar-refractivity contribution in [2.24, 2.45) is 0 Å². The fraction of sp³-hybridized carbons (Fsp3) is 0.118. The maximum Gasteiger partial charge on any atom is 0.313 e. The normalized spacial score (nSPS) is 10.0. The van der Waals surface area contributed by atoms with Crippen molar-refractivity contribution in [1.29, 1.82) is 5.41 Å². The molecule has 3 N–H and O–H groups in total. The largest absolute Gasteiger partial charge is 0.479 e. The van der Waals surface area contributed by atoms with Crippen LogP contribution in [0.1, 0.15) is 12.5 Å². The van der Waals surface area contributed by atoms with Gasteiger partial charge in [-0.15, -0.1) is 6.58 Å². The monoisotopic (exact) mass is 294 g/mol. The molecule has 0 aliphatic carbocycles. The molecule has 0 aliphatic rings. The Bertz CT molecular complexity index is 720. The van der Waals surface area contributed by atoms with Crippen LogP contribution in [0.4, 0.5) is 5.69 Å². The van der Waals surface area contributed by atoms with Gasteiger partial charge in [-0.3, -0.25) is 5.41 Å². The highest BCUT2D eigenvalue weighted by Crippen LogP contribution is 2.26. The lowest BCUT2D eigenvalue weighted by Gasteiger charge is -2.14. The molecule has 0 saturated heterocycles. The number of anilines is 1. The second kappa shape index (κ2) is 6.67. The van der Waals surface area contributed by atoms with Crippen LogP contribution in [-0.4, -0.2) is 27.3 Å². The van der Waals surface area contributed by atoms with E-state index in [4.69, 9.17) is 5.41 Å². The zero-order chi connectivity index (χ0) is 16.1. The molecule has 0 amide bonds. The Labute approximate surface area is 129 Å². The molecule has 0 unspecified atom stereocenters. The SMILES string of the molecule is C=CCNc1ccc(-c2cnc(O)nc2)cc1C(=N)C(=C)C. The third-order valence-corrected chi connectivity index (χ3v) is 3.12. The van der Waals surface area contributed by atoms with Crippen LogP contribution in [0.25, 0.3) is 11.1 Å². The summed E-state index contributed by atoms with van der Waals surface area (Å²) in [5.74, 6) is 0. The van der Waals surface area contributed by atoms with E-state index in [9.17, 15) is 5.11 Å². The Hall–Kier alpha value is -2.95. The van der Waals surface area contributed by atoms with Gasteiger partial charge in [-0.05, 0) is 30.2 Å². The van der Waals surface area contributed by atoms with Gasteiger partial charge in [0.2, 0.25) is 0 Å². The third kappa shape index (κ3) is 3.38. The van der Waals surface area contributed by atoms with Crippen molar-refractivity contribution in [3.63, 3.8) is 0 Å². The molecular weight excluding hydrogens is 276 g/mol. The van der Waals surface area contributed by atoms with E-state index in [1.807, 2.05) is 18.2 Å². The van der Waals surface area contributed by atoms with E-state index in [2.05, 4.69) is 28.4 Å². The molecule has 2 aromatic rings. The maximum absolute atomic E-state index is 9.17. The first-order valence-electron chi connectivity index (χ1n) is 6.78. The van der Waals surface area contributed by atoms with Gasteiger partial charge in [-0.25, -0.2) is 9.97 Å². The van der Waals surface area contributed by atoms with E-state index in [1.165, 1.54) is 0 Å². The molecule has 112 valence electrons. The average molecular weight is 294 g/mol. The summed E-state index contributed by atoms with van der Waals surface area (Å²) < 4.78 is 0. The molecule has 1 heterocycles. The second-order valence-corrected chi connectivity index (χ2v) is 4.86. The van der Waals surface area contributed by atoms with Crippen molar-refractivity contribution in [1.82, 2.24) is 9.97 Å².